The molecule has 30 heavy (non-hydrogen) atoms. The second-order valence-corrected chi connectivity index (χ2v) is 7.09. The molecule has 1 unspecified atom stereocenters. The lowest BCUT2D eigenvalue weighted by Gasteiger charge is -2.25. The predicted octanol–water partition coefficient (Wildman–Crippen LogP) is 4.94. The Morgan fingerprint density at radius 2 is 1.60 bits per heavy atom. The topological polar surface area (TPSA) is 59.8 Å². The van der Waals surface area contributed by atoms with Crippen LogP contribution in [-0.2, 0) is 0 Å². The van der Waals surface area contributed by atoms with Crippen molar-refractivity contribution in [3.63, 3.8) is 0 Å². The summed E-state index contributed by atoms with van der Waals surface area (Å²) in [5.74, 6) is 0.494. The molecule has 0 saturated carbocycles. The maximum atomic E-state index is 13.4. The molecule has 1 amide bonds. The van der Waals surface area contributed by atoms with Gasteiger partial charge in [0.1, 0.15) is 11.3 Å². The Balaban J connectivity index is 1.74. The van der Waals surface area contributed by atoms with Crippen LogP contribution in [0.1, 0.15) is 34.6 Å². The zero-order chi connectivity index (χ0) is 20.7. The first-order valence-electron chi connectivity index (χ1n) is 9.86. The average Bonchev–Trinajstić information content (AvgIpc) is 3.08. The number of para-hydroxylation sites is 1. The Morgan fingerprint density at radius 3 is 2.33 bits per heavy atom. The van der Waals surface area contributed by atoms with Crippen LogP contribution in [0, 0.1) is 0 Å². The quantitative estimate of drug-likeness (QED) is 0.489. The zero-order valence-electron chi connectivity index (χ0n) is 16.4. The summed E-state index contributed by atoms with van der Waals surface area (Å²) < 4.78 is 11.5. The third-order valence-corrected chi connectivity index (χ3v) is 5.32. The van der Waals surface area contributed by atoms with Crippen LogP contribution in [0.15, 0.2) is 88.1 Å². The molecule has 0 saturated heterocycles. The van der Waals surface area contributed by atoms with Crippen molar-refractivity contribution >= 4 is 22.6 Å². The number of ether oxygens (including phenoxy) is 1. The number of fused-ring (bicyclic) bond motifs is 2. The minimum Gasteiger partial charge on any atom is -0.494 e. The molecule has 0 fully saturated rings. The summed E-state index contributed by atoms with van der Waals surface area (Å²) in [5, 5.41) is 0.471. The summed E-state index contributed by atoms with van der Waals surface area (Å²) in [6, 6.07) is 23.3. The highest BCUT2D eigenvalue weighted by atomic mass is 16.5. The largest absolute Gasteiger partial charge is 0.494 e. The Kier molecular flexibility index (Phi) is 4.36. The van der Waals surface area contributed by atoms with E-state index in [2.05, 4.69) is 0 Å². The highest BCUT2D eigenvalue weighted by molar-refractivity contribution is 6.10. The van der Waals surface area contributed by atoms with Crippen molar-refractivity contribution in [2.24, 2.45) is 0 Å². The van der Waals surface area contributed by atoms with Crippen LogP contribution < -0.4 is 15.1 Å². The fourth-order valence-corrected chi connectivity index (χ4v) is 4.01. The van der Waals surface area contributed by atoms with Gasteiger partial charge in [0.2, 0.25) is 5.76 Å². The molecule has 3 aromatic carbocycles. The number of benzene rings is 3. The minimum atomic E-state index is -0.563. The monoisotopic (exact) mass is 397 g/mol. The van der Waals surface area contributed by atoms with Crippen molar-refractivity contribution < 1.29 is 13.9 Å². The molecule has 1 aliphatic rings. The molecule has 5 rings (SSSR count). The van der Waals surface area contributed by atoms with Gasteiger partial charge in [0.25, 0.3) is 5.91 Å². The Hall–Kier alpha value is -3.86. The molecule has 4 aromatic rings. The van der Waals surface area contributed by atoms with Crippen LogP contribution in [0.2, 0.25) is 0 Å². The van der Waals surface area contributed by atoms with Gasteiger partial charge in [-0.2, -0.15) is 0 Å². The maximum Gasteiger partial charge on any atom is 0.295 e. The highest BCUT2D eigenvalue weighted by Gasteiger charge is 2.43. The van der Waals surface area contributed by atoms with Crippen LogP contribution in [-0.4, -0.2) is 12.5 Å². The SMILES string of the molecule is CCOc1ccc(N2C(=O)c3oc4ccccc4c(=O)c3C2c2ccccc2)cc1. The third kappa shape index (κ3) is 2.78. The number of rotatable bonds is 4. The summed E-state index contributed by atoms with van der Waals surface area (Å²) in [4.78, 5) is 28.5. The van der Waals surface area contributed by atoms with E-state index in [1.807, 2.05) is 61.5 Å². The van der Waals surface area contributed by atoms with Crippen LogP contribution in [0.4, 0.5) is 5.69 Å². The molecule has 0 N–H and O–H groups in total. The first kappa shape index (κ1) is 18.2. The van der Waals surface area contributed by atoms with Crippen LogP contribution in [0.3, 0.4) is 0 Å². The summed E-state index contributed by atoms with van der Waals surface area (Å²) in [7, 11) is 0. The second-order valence-electron chi connectivity index (χ2n) is 7.09. The molecule has 2 heterocycles. The van der Waals surface area contributed by atoms with Crippen molar-refractivity contribution in [1.82, 2.24) is 0 Å². The molecule has 0 spiro atoms. The Morgan fingerprint density at radius 1 is 0.900 bits per heavy atom. The van der Waals surface area contributed by atoms with E-state index < -0.39 is 6.04 Å². The number of anilines is 1. The van der Waals surface area contributed by atoms with Gasteiger partial charge >= 0.3 is 0 Å². The van der Waals surface area contributed by atoms with Gasteiger partial charge in [-0.1, -0.05) is 42.5 Å². The molecule has 1 aliphatic heterocycles. The number of carbonyl (C=O) groups excluding carboxylic acids is 1. The maximum absolute atomic E-state index is 13.4. The molecule has 1 atom stereocenters. The molecule has 148 valence electrons. The first-order valence-corrected chi connectivity index (χ1v) is 9.86. The number of amides is 1. The van der Waals surface area contributed by atoms with Gasteiger partial charge in [-0.05, 0) is 48.9 Å². The van der Waals surface area contributed by atoms with Gasteiger partial charge in [-0.15, -0.1) is 0 Å². The predicted molar refractivity (Wildman–Crippen MR) is 115 cm³/mol. The molecule has 0 aliphatic carbocycles. The van der Waals surface area contributed by atoms with Gasteiger partial charge < -0.3 is 9.15 Å². The molecule has 1 aromatic heterocycles. The van der Waals surface area contributed by atoms with Gasteiger partial charge in [0.15, 0.2) is 5.43 Å². The number of carbonyl (C=O) groups is 1. The fraction of sp³-hybridized carbons (Fsp3) is 0.120. The zero-order valence-corrected chi connectivity index (χ0v) is 16.4. The molecular weight excluding hydrogens is 378 g/mol. The van der Waals surface area contributed by atoms with E-state index in [0.717, 1.165) is 11.3 Å². The van der Waals surface area contributed by atoms with Gasteiger partial charge in [-0.25, -0.2) is 0 Å². The lowest BCUT2D eigenvalue weighted by atomic mass is 9.98. The normalized spacial score (nSPS) is 15.4. The van der Waals surface area contributed by atoms with Crippen LogP contribution >= 0.6 is 0 Å². The van der Waals surface area contributed by atoms with E-state index >= 15 is 0 Å². The summed E-state index contributed by atoms with van der Waals surface area (Å²) in [6.07, 6.45) is 0. The standard InChI is InChI=1S/C25H19NO4/c1-2-29-18-14-12-17(13-15-18)26-22(16-8-4-3-5-9-16)21-23(27)19-10-6-7-11-20(19)30-24(21)25(26)28/h3-15,22H,2H2,1H3. The molecule has 0 radical (unpaired) electrons. The van der Waals surface area contributed by atoms with Crippen molar-refractivity contribution in [2.75, 3.05) is 11.5 Å². The Bertz CT molecular complexity index is 1290. The van der Waals surface area contributed by atoms with E-state index in [1.165, 1.54) is 0 Å². The second kappa shape index (κ2) is 7.19. The molecular formula is C25H19NO4. The smallest absolute Gasteiger partial charge is 0.295 e. The van der Waals surface area contributed by atoms with E-state index in [9.17, 15) is 9.59 Å². The molecule has 0 bridgehead atoms. The summed E-state index contributed by atoms with van der Waals surface area (Å²) >= 11 is 0. The van der Waals surface area contributed by atoms with Crippen LogP contribution in [0.25, 0.3) is 11.0 Å². The van der Waals surface area contributed by atoms with E-state index in [4.69, 9.17) is 9.15 Å². The van der Waals surface area contributed by atoms with Crippen molar-refractivity contribution in [1.29, 1.82) is 0 Å². The van der Waals surface area contributed by atoms with Crippen LogP contribution in [0.5, 0.6) is 5.75 Å². The molecule has 5 nitrogen and oxygen atoms in total. The van der Waals surface area contributed by atoms with Crippen molar-refractivity contribution in [3.8, 4) is 5.75 Å². The van der Waals surface area contributed by atoms with E-state index in [-0.39, 0.29) is 17.1 Å². The van der Waals surface area contributed by atoms with Gasteiger partial charge in [0.05, 0.1) is 23.6 Å². The minimum absolute atomic E-state index is 0.0986. The number of hydrogen-bond acceptors (Lipinski definition) is 4. The fourth-order valence-electron chi connectivity index (χ4n) is 4.01. The average molecular weight is 397 g/mol. The number of hydrogen-bond donors (Lipinski definition) is 0. The lowest BCUT2D eigenvalue weighted by molar-refractivity contribution is 0.0971. The van der Waals surface area contributed by atoms with E-state index in [0.29, 0.717) is 28.8 Å². The van der Waals surface area contributed by atoms with E-state index in [1.54, 1.807) is 29.2 Å². The van der Waals surface area contributed by atoms with Crippen molar-refractivity contribution in [2.45, 2.75) is 13.0 Å². The summed E-state index contributed by atoms with van der Waals surface area (Å²) in [6.45, 7) is 2.48. The Labute approximate surface area is 173 Å². The summed E-state index contributed by atoms with van der Waals surface area (Å²) in [5.41, 5.74) is 2.13. The lowest BCUT2D eigenvalue weighted by Crippen LogP contribution is -2.29. The number of nitrogens with zero attached hydrogens (tertiary/aromatic N) is 1. The highest BCUT2D eigenvalue weighted by Crippen LogP contribution is 2.41. The van der Waals surface area contributed by atoms with Gasteiger partial charge in [-0.3, -0.25) is 14.5 Å². The third-order valence-electron chi connectivity index (χ3n) is 5.32. The first-order chi connectivity index (χ1) is 14.7. The van der Waals surface area contributed by atoms with Gasteiger partial charge in [0, 0.05) is 5.69 Å². The van der Waals surface area contributed by atoms with Crippen molar-refractivity contribution in [3.05, 3.63) is 106 Å². The molecule has 5 heteroatoms.